The molecule has 2 aromatic rings. The normalized spacial score (nSPS) is 10.0. The molecule has 0 bridgehead atoms. The second-order valence-corrected chi connectivity index (χ2v) is 4.41. The van der Waals surface area contributed by atoms with Gasteiger partial charge in [-0.25, -0.2) is 0 Å². The summed E-state index contributed by atoms with van der Waals surface area (Å²) in [5.74, 6) is 1.37. The minimum absolute atomic E-state index is 0.280. The zero-order chi connectivity index (χ0) is 13.8. The maximum Gasteiger partial charge on any atom is 0.163 e. The number of aromatic nitrogens is 2. The molecular weight excluding hydrogens is 260 g/mol. The van der Waals surface area contributed by atoms with E-state index in [4.69, 9.17) is 22.7 Å². The number of thiocarbonyl (C=S) groups is 1. The van der Waals surface area contributed by atoms with E-state index < -0.39 is 0 Å². The highest BCUT2D eigenvalue weighted by atomic mass is 32.1. The topological polar surface area (TPSA) is 73.1 Å². The van der Waals surface area contributed by atoms with Crippen LogP contribution in [0.1, 0.15) is 11.1 Å². The first kappa shape index (κ1) is 13.2. The number of nitrogens with one attached hydrogen (secondary N) is 1. The highest BCUT2D eigenvalue weighted by Crippen LogP contribution is 2.24. The quantitative estimate of drug-likeness (QED) is 0.832. The Labute approximate surface area is 116 Å². The Morgan fingerprint density at radius 3 is 2.79 bits per heavy atom. The van der Waals surface area contributed by atoms with Crippen molar-refractivity contribution < 1.29 is 4.74 Å². The lowest BCUT2D eigenvalue weighted by atomic mass is 10.2. The third kappa shape index (κ3) is 2.97. The molecule has 1 aromatic heterocycles. The lowest BCUT2D eigenvalue weighted by molar-refractivity contribution is 0.412. The number of aryl methyl sites for hydroxylation is 1. The summed E-state index contributed by atoms with van der Waals surface area (Å²) >= 11 is 4.98. The molecule has 5 nitrogen and oxygen atoms in total. The number of benzene rings is 1. The van der Waals surface area contributed by atoms with Crippen LogP contribution in [0.4, 0.5) is 11.5 Å². The zero-order valence-corrected chi connectivity index (χ0v) is 11.5. The fourth-order valence-electron chi connectivity index (χ4n) is 1.72. The number of nitrogens with two attached hydrogens (primary N) is 1. The van der Waals surface area contributed by atoms with Gasteiger partial charge in [0.2, 0.25) is 0 Å². The van der Waals surface area contributed by atoms with E-state index in [9.17, 15) is 0 Å². The van der Waals surface area contributed by atoms with Crippen molar-refractivity contribution >= 4 is 28.7 Å². The van der Waals surface area contributed by atoms with Crippen LogP contribution in [-0.4, -0.2) is 22.3 Å². The van der Waals surface area contributed by atoms with Crippen LogP contribution < -0.4 is 15.8 Å². The summed E-state index contributed by atoms with van der Waals surface area (Å²) in [4.78, 5) is 0.280. The Kier molecular flexibility index (Phi) is 3.91. The van der Waals surface area contributed by atoms with E-state index in [0.29, 0.717) is 11.4 Å². The minimum atomic E-state index is 0.280. The third-order valence-electron chi connectivity index (χ3n) is 2.64. The molecular formula is C13H14N4OS. The number of nitrogens with zero attached hydrogens (tertiary/aromatic N) is 2. The first-order valence-electron chi connectivity index (χ1n) is 5.65. The van der Waals surface area contributed by atoms with Crippen molar-refractivity contribution in [3.05, 3.63) is 41.6 Å². The maximum atomic E-state index is 5.65. The first-order chi connectivity index (χ1) is 9.11. The molecule has 0 spiro atoms. The molecule has 0 amide bonds. The lowest BCUT2D eigenvalue weighted by Gasteiger charge is -2.11. The van der Waals surface area contributed by atoms with Gasteiger partial charge in [-0.3, -0.25) is 0 Å². The molecule has 0 fully saturated rings. The van der Waals surface area contributed by atoms with Crippen LogP contribution in [0.3, 0.4) is 0 Å². The van der Waals surface area contributed by atoms with E-state index in [1.54, 1.807) is 19.4 Å². The predicted molar refractivity (Wildman–Crippen MR) is 78.9 cm³/mol. The van der Waals surface area contributed by atoms with Gasteiger partial charge in [-0.05, 0) is 36.8 Å². The molecule has 98 valence electrons. The smallest absolute Gasteiger partial charge is 0.163 e. The average Bonchev–Trinajstić information content (AvgIpc) is 2.39. The molecule has 0 aliphatic rings. The molecule has 0 atom stereocenters. The van der Waals surface area contributed by atoms with Gasteiger partial charge in [-0.15, -0.1) is 5.10 Å². The Morgan fingerprint density at radius 1 is 1.37 bits per heavy atom. The molecule has 0 radical (unpaired) electrons. The van der Waals surface area contributed by atoms with Crippen LogP contribution >= 0.6 is 12.2 Å². The van der Waals surface area contributed by atoms with Crippen molar-refractivity contribution in [1.29, 1.82) is 0 Å². The molecule has 6 heteroatoms. The Morgan fingerprint density at radius 2 is 2.16 bits per heavy atom. The Balaban J connectivity index is 2.31. The van der Waals surface area contributed by atoms with E-state index in [1.807, 2.05) is 25.1 Å². The Bertz CT molecular complexity index is 615. The van der Waals surface area contributed by atoms with Gasteiger partial charge in [0.05, 0.1) is 18.9 Å². The first-order valence-corrected chi connectivity index (χ1v) is 6.06. The highest BCUT2D eigenvalue weighted by molar-refractivity contribution is 7.80. The second-order valence-electron chi connectivity index (χ2n) is 3.97. The molecule has 19 heavy (non-hydrogen) atoms. The molecule has 0 saturated carbocycles. The van der Waals surface area contributed by atoms with Gasteiger partial charge >= 0.3 is 0 Å². The molecule has 3 N–H and O–H groups in total. The van der Waals surface area contributed by atoms with E-state index in [0.717, 1.165) is 17.0 Å². The fourth-order valence-corrected chi connectivity index (χ4v) is 1.88. The summed E-state index contributed by atoms with van der Waals surface area (Å²) in [7, 11) is 1.64. The summed E-state index contributed by atoms with van der Waals surface area (Å²) in [6.45, 7) is 1.97. The van der Waals surface area contributed by atoms with Crippen molar-refractivity contribution in [3.63, 3.8) is 0 Å². The summed E-state index contributed by atoms with van der Waals surface area (Å²) in [5.41, 5.74) is 8.21. The number of methoxy groups -OCH3 is 1. The zero-order valence-electron chi connectivity index (χ0n) is 10.7. The van der Waals surface area contributed by atoms with E-state index in [-0.39, 0.29) is 4.99 Å². The largest absolute Gasteiger partial charge is 0.496 e. The van der Waals surface area contributed by atoms with Crippen molar-refractivity contribution in [2.75, 3.05) is 12.4 Å². The number of rotatable bonds is 4. The molecule has 2 rings (SSSR count). The molecule has 1 heterocycles. The number of anilines is 2. The predicted octanol–water partition coefficient (Wildman–Crippen LogP) is 2.17. The van der Waals surface area contributed by atoms with Crippen molar-refractivity contribution in [2.24, 2.45) is 5.73 Å². The van der Waals surface area contributed by atoms with Gasteiger partial charge in [0.1, 0.15) is 10.7 Å². The molecule has 0 saturated heterocycles. The lowest BCUT2D eigenvalue weighted by Crippen LogP contribution is -2.13. The van der Waals surface area contributed by atoms with Gasteiger partial charge in [0.15, 0.2) is 5.82 Å². The third-order valence-corrected chi connectivity index (χ3v) is 2.86. The van der Waals surface area contributed by atoms with E-state index in [2.05, 4.69) is 15.5 Å². The molecule has 1 aromatic carbocycles. The van der Waals surface area contributed by atoms with Gasteiger partial charge in [0, 0.05) is 5.69 Å². The molecule has 0 aliphatic carbocycles. The monoisotopic (exact) mass is 274 g/mol. The fraction of sp³-hybridized carbons (Fsp3) is 0.154. The van der Waals surface area contributed by atoms with Gasteiger partial charge in [0.25, 0.3) is 0 Å². The number of hydrogen-bond donors (Lipinski definition) is 2. The second kappa shape index (κ2) is 5.62. The van der Waals surface area contributed by atoms with Gasteiger partial charge < -0.3 is 15.8 Å². The van der Waals surface area contributed by atoms with E-state index >= 15 is 0 Å². The summed E-state index contributed by atoms with van der Waals surface area (Å²) in [6, 6.07) is 7.46. The van der Waals surface area contributed by atoms with Gasteiger partial charge in [-0.1, -0.05) is 12.2 Å². The Hall–Kier alpha value is -2.21. The standard InChI is InChI=1S/C13H14N4OS/c1-8-7-9(3-4-11(8)18-2)16-13-10(12(14)19)5-6-15-17-13/h3-7H,1-2H3,(H2,14,19)(H,16,17). The van der Waals surface area contributed by atoms with Crippen LogP contribution in [0, 0.1) is 6.92 Å². The van der Waals surface area contributed by atoms with Crippen LogP contribution in [0.5, 0.6) is 5.75 Å². The van der Waals surface area contributed by atoms with Crippen molar-refractivity contribution in [1.82, 2.24) is 10.2 Å². The van der Waals surface area contributed by atoms with Crippen LogP contribution in [0.15, 0.2) is 30.5 Å². The molecule has 0 aliphatic heterocycles. The van der Waals surface area contributed by atoms with Crippen LogP contribution in [0.25, 0.3) is 0 Å². The summed E-state index contributed by atoms with van der Waals surface area (Å²) in [6.07, 6.45) is 1.55. The number of ether oxygens (including phenoxy) is 1. The van der Waals surface area contributed by atoms with Crippen LogP contribution in [-0.2, 0) is 0 Å². The van der Waals surface area contributed by atoms with Gasteiger partial charge in [-0.2, -0.15) is 5.10 Å². The van der Waals surface area contributed by atoms with Crippen molar-refractivity contribution in [2.45, 2.75) is 6.92 Å². The molecule has 0 unspecified atom stereocenters. The highest BCUT2D eigenvalue weighted by Gasteiger charge is 2.08. The maximum absolute atomic E-state index is 5.65. The SMILES string of the molecule is COc1ccc(Nc2nnccc2C(N)=S)cc1C. The minimum Gasteiger partial charge on any atom is -0.496 e. The average molecular weight is 274 g/mol. The number of hydrogen-bond acceptors (Lipinski definition) is 5. The van der Waals surface area contributed by atoms with Crippen molar-refractivity contribution in [3.8, 4) is 5.75 Å². The summed E-state index contributed by atoms with van der Waals surface area (Å²) in [5, 5.41) is 11.0. The van der Waals surface area contributed by atoms with Crippen LogP contribution in [0.2, 0.25) is 0 Å². The summed E-state index contributed by atoms with van der Waals surface area (Å²) < 4.78 is 5.22. The van der Waals surface area contributed by atoms with E-state index in [1.165, 1.54) is 0 Å².